The Labute approximate surface area is 118 Å². The molecule has 0 aliphatic heterocycles. The van der Waals surface area contributed by atoms with Gasteiger partial charge in [0.2, 0.25) is 0 Å². The first kappa shape index (κ1) is 16.2. The molecule has 0 spiro atoms. The number of rotatable bonds is 6. The van der Waals surface area contributed by atoms with Crippen molar-refractivity contribution in [2.45, 2.75) is 52.7 Å². The zero-order chi connectivity index (χ0) is 14.6. The highest BCUT2D eigenvalue weighted by molar-refractivity contribution is 5.26. The van der Waals surface area contributed by atoms with Crippen LogP contribution in [0.5, 0.6) is 0 Å². The molecule has 0 aliphatic carbocycles. The lowest BCUT2D eigenvalue weighted by molar-refractivity contribution is 0.0955. The Balaban J connectivity index is 2.65. The van der Waals surface area contributed by atoms with Gasteiger partial charge < -0.3 is 10.0 Å². The van der Waals surface area contributed by atoms with E-state index in [-0.39, 0.29) is 0 Å². The first-order chi connectivity index (χ1) is 8.82. The van der Waals surface area contributed by atoms with Gasteiger partial charge in [0, 0.05) is 12.6 Å². The van der Waals surface area contributed by atoms with Gasteiger partial charge in [0.15, 0.2) is 0 Å². The van der Waals surface area contributed by atoms with Crippen LogP contribution in [0.25, 0.3) is 0 Å². The van der Waals surface area contributed by atoms with Crippen molar-refractivity contribution in [3.63, 3.8) is 0 Å². The number of benzene rings is 1. The Morgan fingerprint density at radius 3 is 1.84 bits per heavy atom. The molecule has 108 valence electrons. The van der Waals surface area contributed by atoms with Crippen LogP contribution in [-0.4, -0.2) is 29.6 Å². The quantitative estimate of drug-likeness (QED) is 0.843. The van der Waals surface area contributed by atoms with Crippen molar-refractivity contribution in [2.24, 2.45) is 5.92 Å². The van der Waals surface area contributed by atoms with Crippen LogP contribution >= 0.6 is 0 Å². The molecule has 0 amide bonds. The Morgan fingerprint density at radius 1 is 0.947 bits per heavy atom. The van der Waals surface area contributed by atoms with Crippen LogP contribution in [-0.2, 0) is 0 Å². The van der Waals surface area contributed by atoms with Gasteiger partial charge in [0.25, 0.3) is 0 Å². The van der Waals surface area contributed by atoms with Crippen molar-refractivity contribution in [3.8, 4) is 0 Å². The van der Waals surface area contributed by atoms with Crippen molar-refractivity contribution >= 4 is 0 Å². The Kier molecular flexibility index (Phi) is 6.02. The maximum atomic E-state index is 10.3. The first-order valence-corrected chi connectivity index (χ1v) is 7.31. The summed E-state index contributed by atoms with van der Waals surface area (Å²) in [5, 5.41) is 10.3. The molecule has 0 fully saturated rings. The van der Waals surface area contributed by atoms with Gasteiger partial charge in [-0.1, -0.05) is 52.0 Å². The summed E-state index contributed by atoms with van der Waals surface area (Å²) in [6, 6.07) is 8.82. The molecule has 1 rings (SSSR count). The van der Waals surface area contributed by atoms with E-state index in [1.165, 1.54) is 5.56 Å². The normalized spacial score (nSPS) is 15.3. The lowest BCUT2D eigenvalue weighted by Gasteiger charge is -2.29. The van der Waals surface area contributed by atoms with E-state index in [1.54, 1.807) is 0 Å². The van der Waals surface area contributed by atoms with Crippen LogP contribution in [0.1, 0.15) is 57.8 Å². The molecule has 1 aromatic rings. The van der Waals surface area contributed by atoms with Crippen molar-refractivity contribution < 1.29 is 5.11 Å². The van der Waals surface area contributed by atoms with E-state index >= 15 is 0 Å². The fraction of sp³-hybridized carbons (Fsp3) is 0.647. The van der Waals surface area contributed by atoms with Gasteiger partial charge in [-0.25, -0.2) is 0 Å². The zero-order valence-electron chi connectivity index (χ0n) is 13.2. The van der Waals surface area contributed by atoms with Crippen LogP contribution in [0.2, 0.25) is 0 Å². The summed E-state index contributed by atoms with van der Waals surface area (Å²) in [4.78, 5) is 2.23. The molecule has 0 aliphatic rings. The van der Waals surface area contributed by atoms with E-state index in [9.17, 15) is 5.11 Å². The highest BCUT2D eigenvalue weighted by Crippen LogP contribution is 2.20. The largest absolute Gasteiger partial charge is 0.387 e. The third-order valence-electron chi connectivity index (χ3n) is 4.11. The molecule has 2 heteroatoms. The highest BCUT2D eigenvalue weighted by Gasteiger charge is 2.17. The molecule has 1 N–H and O–H groups in total. The molecular formula is C17H29NO. The molecule has 2 nitrogen and oxygen atoms in total. The summed E-state index contributed by atoms with van der Waals surface area (Å²) < 4.78 is 0. The number of aliphatic hydroxyl groups excluding tert-OH is 1. The minimum Gasteiger partial charge on any atom is -0.387 e. The average Bonchev–Trinajstić information content (AvgIpc) is 2.37. The van der Waals surface area contributed by atoms with E-state index in [1.807, 2.05) is 12.1 Å². The maximum Gasteiger partial charge on any atom is 0.0916 e. The Hall–Kier alpha value is -0.860. The number of likely N-dealkylation sites (N-methyl/N-ethyl adjacent to an activating group) is 1. The number of hydrogen-bond donors (Lipinski definition) is 1. The van der Waals surface area contributed by atoms with Crippen LogP contribution in [0.3, 0.4) is 0 Å². The summed E-state index contributed by atoms with van der Waals surface area (Å²) in [6.45, 7) is 11.7. The van der Waals surface area contributed by atoms with Crippen molar-refractivity contribution in [3.05, 3.63) is 35.4 Å². The standard InChI is InChI=1S/C17H29NO/c1-12(2)14(5)18(6)11-17(19)16-9-7-15(8-10-16)13(3)4/h7-10,12-14,17,19H,11H2,1-6H3. The van der Waals surface area contributed by atoms with Gasteiger partial charge in [-0.15, -0.1) is 0 Å². The molecule has 0 radical (unpaired) electrons. The Morgan fingerprint density at radius 2 is 1.42 bits per heavy atom. The van der Waals surface area contributed by atoms with Crippen molar-refractivity contribution in [1.82, 2.24) is 4.90 Å². The SMILES string of the molecule is CC(C)c1ccc(C(O)CN(C)C(C)C(C)C)cc1. The maximum absolute atomic E-state index is 10.3. The topological polar surface area (TPSA) is 23.5 Å². The lowest BCUT2D eigenvalue weighted by Crippen LogP contribution is -2.36. The Bertz CT molecular complexity index is 369. The predicted octanol–water partition coefficient (Wildman–Crippen LogP) is 3.82. The summed E-state index contributed by atoms with van der Waals surface area (Å²) in [7, 11) is 2.08. The molecule has 0 aromatic heterocycles. The summed E-state index contributed by atoms with van der Waals surface area (Å²) in [5.74, 6) is 1.13. The molecule has 0 bridgehead atoms. The molecule has 0 saturated carbocycles. The summed E-state index contributed by atoms with van der Waals surface area (Å²) in [5.41, 5.74) is 2.33. The van der Waals surface area contributed by atoms with Gasteiger partial charge in [-0.3, -0.25) is 0 Å². The van der Waals surface area contributed by atoms with Crippen molar-refractivity contribution in [1.29, 1.82) is 0 Å². The third kappa shape index (κ3) is 4.63. The third-order valence-corrected chi connectivity index (χ3v) is 4.11. The molecular weight excluding hydrogens is 234 g/mol. The zero-order valence-corrected chi connectivity index (χ0v) is 13.2. The second-order valence-electron chi connectivity index (χ2n) is 6.26. The average molecular weight is 263 g/mol. The summed E-state index contributed by atoms with van der Waals surface area (Å²) in [6.07, 6.45) is -0.410. The van der Waals surface area contributed by atoms with E-state index in [2.05, 4.69) is 58.7 Å². The number of nitrogens with zero attached hydrogens (tertiary/aromatic N) is 1. The minimum absolute atomic E-state index is 0.410. The molecule has 2 atom stereocenters. The second kappa shape index (κ2) is 7.06. The van der Waals surface area contributed by atoms with Gasteiger partial charge in [-0.05, 0) is 36.9 Å². The number of hydrogen-bond acceptors (Lipinski definition) is 2. The second-order valence-corrected chi connectivity index (χ2v) is 6.26. The van der Waals surface area contributed by atoms with E-state index in [0.717, 1.165) is 5.56 Å². The van der Waals surface area contributed by atoms with E-state index < -0.39 is 6.10 Å². The van der Waals surface area contributed by atoms with Gasteiger partial charge in [0.1, 0.15) is 0 Å². The minimum atomic E-state index is -0.410. The van der Waals surface area contributed by atoms with Crippen LogP contribution in [0.15, 0.2) is 24.3 Å². The summed E-state index contributed by atoms with van der Waals surface area (Å²) >= 11 is 0. The predicted molar refractivity (Wildman–Crippen MR) is 82.4 cm³/mol. The van der Waals surface area contributed by atoms with Gasteiger partial charge >= 0.3 is 0 Å². The van der Waals surface area contributed by atoms with E-state index in [0.29, 0.717) is 24.4 Å². The highest BCUT2D eigenvalue weighted by atomic mass is 16.3. The molecule has 0 heterocycles. The van der Waals surface area contributed by atoms with Crippen LogP contribution < -0.4 is 0 Å². The molecule has 1 aromatic carbocycles. The molecule has 0 saturated heterocycles. The smallest absolute Gasteiger partial charge is 0.0916 e. The molecule has 19 heavy (non-hydrogen) atoms. The monoisotopic (exact) mass is 263 g/mol. The van der Waals surface area contributed by atoms with Gasteiger partial charge in [0.05, 0.1) is 6.10 Å². The van der Waals surface area contributed by atoms with Crippen molar-refractivity contribution in [2.75, 3.05) is 13.6 Å². The fourth-order valence-corrected chi connectivity index (χ4v) is 2.16. The van der Waals surface area contributed by atoms with E-state index in [4.69, 9.17) is 0 Å². The van der Waals surface area contributed by atoms with Gasteiger partial charge in [-0.2, -0.15) is 0 Å². The van der Waals surface area contributed by atoms with Crippen LogP contribution in [0.4, 0.5) is 0 Å². The molecule has 2 unspecified atom stereocenters. The number of aliphatic hydroxyl groups is 1. The fourth-order valence-electron chi connectivity index (χ4n) is 2.16. The first-order valence-electron chi connectivity index (χ1n) is 7.31. The van der Waals surface area contributed by atoms with Crippen LogP contribution in [0, 0.1) is 5.92 Å². The lowest BCUT2D eigenvalue weighted by atomic mass is 9.99.